The van der Waals surface area contributed by atoms with Crippen molar-refractivity contribution in [2.45, 2.75) is 26.3 Å². The van der Waals surface area contributed by atoms with Crippen LogP contribution in [0, 0.1) is 0 Å². The van der Waals surface area contributed by atoms with Crippen LogP contribution in [0.25, 0.3) is 0 Å². The molecule has 0 aliphatic carbocycles. The fourth-order valence-electron chi connectivity index (χ4n) is 1.23. The molecule has 0 atom stereocenters. The first-order valence-electron chi connectivity index (χ1n) is 4.66. The highest BCUT2D eigenvalue weighted by Gasteiger charge is 2.01. The quantitative estimate of drug-likeness (QED) is 0.768. The van der Waals surface area contributed by atoms with Gasteiger partial charge < -0.3 is 0 Å². The van der Waals surface area contributed by atoms with Gasteiger partial charge in [0.1, 0.15) is 0 Å². The largest absolute Gasteiger partial charge is 0.247 e. The van der Waals surface area contributed by atoms with Crippen molar-refractivity contribution in [2.75, 3.05) is 0 Å². The van der Waals surface area contributed by atoms with E-state index in [9.17, 15) is 0 Å². The lowest BCUT2D eigenvalue weighted by molar-refractivity contribution is 0.639. The van der Waals surface area contributed by atoms with Crippen molar-refractivity contribution in [1.29, 1.82) is 0 Å². The monoisotopic (exact) mass is 208 g/mol. The Kier molecular flexibility index (Phi) is 2.88. The second-order valence-electron chi connectivity index (χ2n) is 3.08. The van der Waals surface area contributed by atoms with Crippen molar-refractivity contribution in [3.63, 3.8) is 0 Å². The average Bonchev–Trinajstić information content (AvgIpc) is 2.79. The van der Waals surface area contributed by atoms with Gasteiger partial charge in [-0.1, -0.05) is 12.1 Å². The molecule has 0 aliphatic heterocycles. The lowest BCUT2D eigenvalue weighted by atomic mass is 10.3. The summed E-state index contributed by atoms with van der Waals surface area (Å²) in [6.07, 6.45) is 5.75. The van der Waals surface area contributed by atoms with Crippen molar-refractivity contribution < 1.29 is 0 Å². The van der Waals surface area contributed by atoms with Gasteiger partial charge >= 0.3 is 0 Å². The van der Waals surface area contributed by atoms with E-state index in [2.05, 4.69) is 27.6 Å². The van der Waals surface area contributed by atoms with E-state index in [0.29, 0.717) is 0 Å². The van der Waals surface area contributed by atoms with Crippen LogP contribution in [0.3, 0.4) is 0 Å². The Hall–Kier alpha value is -1.23. The number of hydrogen-bond donors (Lipinski definition) is 0. The SMILES string of the molecule is CCCc1nc(Cn2ccnn2)cs1. The van der Waals surface area contributed by atoms with Gasteiger partial charge in [-0.25, -0.2) is 9.67 Å². The highest BCUT2D eigenvalue weighted by Crippen LogP contribution is 2.12. The summed E-state index contributed by atoms with van der Waals surface area (Å²) in [6, 6.07) is 0. The van der Waals surface area contributed by atoms with E-state index in [1.54, 1.807) is 22.2 Å². The predicted octanol–water partition coefficient (Wildman–Crippen LogP) is 1.74. The molecule has 0 aromatic carbocycles. The third kappa shape index (κ3) is 2.17. The summed E-state index contributed by atoms with van der Waals surface area (Å²) in [5, 5.41) is 10.9. The Bertz CT molecular complexity index is 379. The maximum Gasteiger partial charge on any atom is 0.0928 e. The molecule has 2 aromatic rings. The molecule has 0 saturated carbocycles. The summed E-state index contributed by atoms with van der Waals surface area (Å²) >= 11 is 1.72. The zero-order valence-corrected chi connectivity index (χ0v) is 8.87. The standard InChI is InChI=1S/C9H12N4S/c1-2-3-9-11-8(7-14-9)6-13-5-4-10-12-13/h4-5,7H,2-3,6H2,1H3. The molecule has 0 amide bonds. The van der Waals surface area contributed by atoms with Gasteiger partial charge in [-0.05, 0) is 12.8 Å². The van der Waals surface area contributed by atoms with E-state index in [1.165, 1.54) is 5.01 Å². The van der Waals surface area contributed by atoms with E-state index < -0.39 is 0 Å². The molecular weight excluding hydrogens is 196 g/mol. The van der Waals surface area contributed by atoms with Gasteiger partial charge in [0.2, 0.25) is 0 Å². The van der Waals surface area contributed by atoms with Gasteiger partial charge in [0.05, 0.1) is 23.4 Å². The fraction of sp³-hybridized carbons (Fsp3) is 0.444. The number of thiazole rings is 1. The molecule has 0 N–H and O–H groups in total. The van der Waals surface area contributed by atoms with Crippen molar-refractivity contribution >= 4 is 11.3 Å². The summed E-state index contributed by atoms with van der Waals surface area (Å²) in [4.78, 5) is 4.50. The molecule has 14 heavy (non-hydrogen) atoms. The van der Waals surface area contributed by atoms with Gasteiger partial charge in [-0.2, -0.15) is 0 Å². The zero-order chi connectivity index (χ0) is 9.80. The molecule has 5 heteroatoms. The van der Waals surface area contributed by atoms with Gasteiger partial charge in [0, 0.05) is 11.6 Å². The highest BCUT2D eigenvalue weighted by molar-refractivity contribution is 7.09. The number of aryl methyl sites for hydroxylation is 1. The Balaban J connectivity index is 2.03. The van der Waals surface area contributed by atoms with Crippen molar-refractivity contribution in [2.24, 2.45) is 0 Å². The summed E-state index contributed by atoms with van der Waals surface area (Å²) in [5.41, 5.74) is 1.07. The number of hydrogen-bond acceptors (Lipinski definition) is 4. The molecule has 0 bridgehead atoms. The zero-order valence-electron chi connectivity index (χ0n) is 8.05. The Morgan fingerprint density at radius 3 is 3.14 bits per heavy atom. The van der Waals surface area contributed by atoms with E-state index in [0.717, 1.165) is 25.1 Å². The maximum absolute atomic E-state index is 4.50. The topological polar surface area (TPSA) is 43.6 Å². The van der Waals surface area contributed by atoms with Gasteiger partial charge in [0.15, 0.2) is 0 Å². The predicted molar refractivity (Wildman–Crippen MR) is 55.2 cm³/mol. The minimum atomic E-state index is 0.722. The van der Waals surface area contributed by atoms with Crippen LogP contribution in [-0.2, 0) is 13.0 Å². The van der Waals surface area contributed by atoms with Crippen molar-refractivity contribution in [3.8, 4) is 0 Å². The molecule has 0 saturated heterocycles. The molecule has 0 aliphatic rings. The molecule has 74 valence electrons. The number of nitrogens with zero attached hydrogens (tertiary/aromatic N) is 4. The molecule has 2 rings (SSSR count). The highest BCUT2D eigenvalue weighted by atomic mass is 32.1. The van der Waals surface area contributed by atoms with E-state index in [1.807, 2.05) is 6.20 Å². The van der Waals surface area contributed by atoms with E-state index >= 15 is 0 Å². The minimum Gasteiger partial charge on any atom is -0.247 e. The molecular formula is C9H12N4S. The average molecular weight is 208 g/mol. The van der Waals surface area contributed by atoms with Crippen LogP contribution >= 0.6 is 11.3 Å². The van der Waals surface area contributed by atoms with Gasteiger partial charge in [-0.15, -0.1) is 16.4 Å². The van der Waals surface area contributed by atoms with Gasteiger partial charge in [-0.3, -0.25) is 0 Å². The fourth-order valence-corrected chi connectivity index (χ4v) is 2.12. The van der Waals surface area contributed by atoms with E-state index in [-0.39, 0.29) is 0 Å². The Morgan fingerprint density at radius 2 is 2.43 bits per heavy atom. The third-order valence-electron chi connectivity index (χ3n) is 1.86. The second-order valence-corrected chi connectivity index (χ2v) is 4.03. The molecule has 0 unspecified atom stereocenters. The van der Waals surface area contributed by atoms with Crippen LogP contribution in [0.4, 0.5) is 0 Å². The summed E-state index contributed by atoms with van der Waals surface area (Å²) in [5.74, 6) is 0. The Morgan fingerprint density at radius 1 is 1.50 bits per heavy atom. The molecule has 2 aromatic heterocycles. The van der Waals surface area contributed by atoms with Crippen LogP contribution in [0.1, 0.15) is 24.0 Å². The van der Waals surface area contributed by atoms with E-state index in [4.69, 9.17) is 0 Å². The summed E-state index contributed by atoms with van der Waals surface area (Å²) < 4.78 is 1.78. The van der Waals surface area contributed by atoms with Crippen LogP contribution in [0.2, 0.25) is 0 Å². The summed E-state index contributed by atoms with van der Waals surface area (Å²) in [7, 11) is 0. The second kappa shape index (κ2) is 4.32. The first kappa shape index (κ1) is 9.33. The lowest BCUT2D eigenvalue weighted by Gasteiger charge is -1.94. The van der Waals surface area contributed by atoms with Crippen LogP contribution in [-0.4, -0.2) is 20.0 Å². The van der Waals surface area contributed by atoms with Crippen LogP contribution in [0.15, 0.2) is 17.8 Å². The third-order valence-corrected chi connectivity index (χ3v) is 2.82. The Labute approximate surface area is 86.6 Å². The first-order chi connectivity index (χ1) is 6.88. The van der Waals surface area contributed by atoms with Crippen LogP contribution < -0.4 is 0 Å². The molecule has 2 heterocycles. The van der Waals surface area contributed by atoms with Crippen molar-refractivity contribution in [3.05, 3.63) is 28.5 Å². The first-order valence-corrected chi connectivity index (χ1v) is 5.54. The smallest absolute Gasteiger partial charge is 0.0928 e. The minimum absolute atomic E-state index is 0.722. The maximum atomic E-state index is 4.50. The van der Waals surface area contributed by atoms with Crippen molar-refractivity contribution in [1.82, 2.24) is 20.0 Å². The number of aromatic nitrogens is 4. The molecule has 0 spiro atoms. The molecule has 0 fully saturated rings. The lowest BCUT2D eigenvalue weighted by Crippen LogP contribution is -2.00. The normalized spacial score (nSPS) is 10.6. The van der Waals surface area contributed by atoms with Gasteiger partial charge in [0.25, 0.3) is 0 Å². The summed E-state index contributed by atoms with van der Waals surface area (Å²) in [6.45, 7) is 2.89. The number of rotatable bonds is 4. The molecule has 4 nitrogen and oxygen atoms in total. The van der Waals surface area contributed by atoms with Crippen LogP contribution in [0.5, 0.6) is 0 Å². The molecule has 0 radical (unpaired) electrons.